The Hall–Kier alpha value is -3.03. The van der Waals surface area contributed by atoms with E-state index in [1.807, 2.05) is 30.3 Å². The number of anilines is 1. The number of fused-ring (bicyclic) bond motifs is 1. The number of benzene rings is 2. The molecule has 0 saturated heterocycles. The van der Waals surface area contributed by atoms with E-state index in [0.29, 0.717) is 34.5 Å². The fourth-order valence-electron chi connectivity index (χ4n) is 4.61. The van der Waals surface area contributed by atoms with E-state index in [2.05, 4.69) is 14.9 Å². The highest BCUT2D eigenvalue weighted by molar-refractivity contribution is 6.33. The van der Waals surface area contributed by atoms with Gasteiger partial charge in [0.1, 0.15) is 17.2 Å². The monoisotopic (exact) mass is 464 g/mol. The van der Waals surface area contributed by atoms with E-state index in [4.69, 9.17) is 27.3 Å². The van der Waals surface area contributed by atoms with Gasteiger partial charge in [-0.2, -0.15) is 4.98 Å². The summed E-state index contributed by atoms with van der Waals surface area (Å²) in [5.41, 5.74) is 8.82. The van der Waals surface area contributed by atoms with Crippen molar-refractivity contribution in [3.63, 3.8) is 0 Å². The van der Waals surface area contributed by atoms with E-state index < -0.39 is 0 Å². The first-order valence-electron chi connectivity index (χ1n) is 11.3. The minimum Gasteiger partial charge on any atom is -0.350 e. The number of nitrogens with zero attached hydrogens (tertiary/aromatic N) is 4. The molecule has 2 heterocycles. The Balaban J connectivity index is 1.54. The lowest BCUT2D eigenvalue weighted by Crippen LogP contribution is -2.24. The van der Waals surface area contributed by atoms with E-state index in [1.165, 1.54) is 6.07 Å². The van der Waals surface area contributed by atoms with Crippen molar-refractivity contribution in [2.24, 2.45) is 11.7 Å². The van der Waals surface area contributed by atoms with Gasteiger partial charge in [-0.3, -0.25) is 0 Å². The van der Waals surface area contributed by atoms with Crippen LogP contribution in [0.25, 0.3) is 22.6 Å². The van der Waals surface area contributed by atoms with Gasteiger partial charge in [-0.05, 0) is 56.3 Å². The van der Waals surface area contributed by atoms with Crippen LogP contribution in [0.2, 0.25) is 5.02 Å². The van der Waals surface area contributed by atoms with Gasteiger partial charge in [-0.15, -0.1) is 0 Å². The van der Waals surface area contributed by atoms with Gasteiger partial charge < -0.3 is 15.6 Å². The van der Waals surface area contributed by atoms with Crippen LogP contribution in [0, 0.1) is 11.7 Å². The maximum absolute atomic E-state index is 14.0. The van der Waals surface area contributed by atoms with Crippen LogP contribution >= 0.6 is 11.6 Å². The zero-order valence-electron chi connectivity index (χ0n) is 18.2. The van der Waals surface area contributed by atoms with Crippen LogP contribution in [0.5, 0.6) is 0 Å². The van der Waals surface area contributed by atoms with Crippen LogP contribution in [-0.4, -0.2) is 26.1 Å². The predicted octanol–water partition coefficient (Wildman–Crippen LogP) is 5.59. The average Bonchev–Trinajstić information content (AvgIpc) is 3.22. The van der Waals surface area contributed by atoms with Crippen molar-refractivity contribution >= 4 is 28.7 Å². The molecule has 170 valence electrons. The van der Waals surface area contributed by atoms with Gasteiger partial charge in [-0.1, -0.05) is 41.9 Å². The molecule has 1 aliphatic rings. The third kappa shape index (κ3) is 4.43. The van der Waals surface area contributed by atoms with E-state index in [0.717, 1.165) is 49.3 Å². The molecule has 8 heteroatoms. The van der Waals surface area contributed by atoms with Crippen molar-refractivity contribution in [3.8, 4) is 11.4 Å². The normalized spacial score (nSPS) is 18.5. The second-order valence-electron chi connectivity index (χ2n) is 8.54. The molecule has 33 heavy (non-hydrogen) atoms. The van der Waals surface area contributed by atoms with Gasteiger partial charge in [0.2, 0.25) is 5.95 Å². The van der Waals surface area contributed by atoms with Gasteiger partial charge in [0.15, 0.2) is 5.65 Å². The summed E-state index contributed by atoms with van der Waals surface area (Å²) in [4.78, 5) is 14.1. The molecule has 5 rings (SSSR count). The zero-order chi connectivity index (χ0) is 22.8. The van der Waals surface area contributed by atoms with Crippen LogP contribution < -0.4 is 11.1 Å². The van der Waals surface area contributed by atoms with Crippen LogP contribution in [-0.2, 0) is 6.54 Å². The van der Waals surface area contributed by atoms with Crippen molar-refractivity contribution in [1.82, 2.24) is 19.5 Å². The van der Waals surface area contributed by atoms with Gasteiger partial charge in [-0.25, -0.2) is 14.4 Å². The molecule has 0 unspecified atom stereocenters. The Morgan fingerprint density at radius 2 is 1.79 bits per heavy atom. The standard InChI is InChI=1S/C25H26ClFN6/c26-20-7-3-2-6-19(20)23-31-22-15-30-25(29-14-17-5-1-4-8-21(17)27)32-24(22)33(23)18-11-9-16(13-28)10-12-18/h1-8,15-16,18H,9-14,28H2,(H,29,30,32). The van der Waals surface area contributed by atoms with Crippen LogP contribution in [0.3, 0.4) is 0 Å². The highest BCUT2D eigenvalue weighted by Gasteiger charge is 2.27. The highest BCUT2D eigenvalue weighted by Crippen LogP contribution is 2.38. The molecule has 2 aromatic carbocycles. The van der Waals surface area contributed by atoms with Gasteiger partial charge >= 0.3 is 0 Å². The Bertz CT molecular complexity index is 1260. The highest BCUT2D eigenvalue weighted by atomic mass is 35.5. The van der Waals surface area contributed by atoms with Crippen molar-refractivity contribution < 1.29 is 4.39 Å². The van der Waals surface area contributed by atoms with E-state index in [9.17, 15) is 4.39 Å². The third-order valence-electron chi connectivity index (χ3n) is 6.46. The number of imidazole rings is 1. The molecule has 0 amide bonds. The fourth-order valence-corrected chi connectivity index (χ4v) is 4.83. The molecule has 0 aliphatic heterocycles. The molecular formula is C25H26ClFN6. The lowest BCUT2D eigenvalue weighted by atomic mass is 9.86. The molecule has 0 bridgehead atoms. The summed E-state index contributed by atoms with van der Waals surface area (Å²) in [6.07, 6.45) is 5.88. The molecule has 3 N–H and O–H groups in total. The smallest absolute Gasteiger partial charge is 0.225 e. The predicted molar refractivity (Wildman–Crippen MR) is 130 cm³/mol. The summed E-state index contributed by atoms with van der Waals surface area (Å²) in [6, 6.07) is 14.7. The minimum atomic E-state index is -0.256. The summed E-state index contributed by atoms with van der Waals surface area (Å²) in [6.45, 7) is 1.02. The van der Waals surface area contributed by atoms with Gasteiger partial charge in [0, 0.05) is 23.7 Å². The summed E-state index contributed by atoms with van der Waals surface area (Å²) in [5.74, 6) is 1.54. The van der Waals surface area contributed by atoms with E-state index in [1.54, 1.807) is 18.3 Å². The summed E-state index contributed by atoms with van der Waals surface area (Å²) >= 11 is 6.55. The Labute approximate surface area is 197 Å². The first-order chi connectivity index (χ1) is 16.1. The molecule has 1 saturated carbocycles. The number of nitrogens with two attached hydrogens (primary N) is 1. The second kappa shape index (κ2) is 9.45. The quantitative estimate of drug-likeness (QED) is 0.389. The maximum atomic E-state index is 14.0. The number of aromatic nitrogens is 4. The Morgan fingerprint density at radius 1 is 1.03 bits per heavy atom. The molecular weight excluding hydrogens is 439 g/mol. The molecule has 2 aromatic heterocycles. The van der Waals surface area contributed by atoms with Crippen molar-refractivity contribution in [1.29, 1.82) is 0 Å². The van der Waals surface area contributed by atoms with Crippen LogP contribution in [0.1, 0.15) is 37.3 Å². The lowest BCUT2D eigenvalue weighted by molar-refractivity contribution is 0.284. The topological polar surface area (TPSA) is 81.7 Å². The average molecular weight is 465 g/mol. The number of nitrogens with one attached hydrogen (secondary N) is 1. The molecule has 0 atom stereocenters. The van der Waals surface area contributed by atoms with Crippen LogP contribution in [0.15, 0.2) is 54.7 Å². The maximum Gasteiger partial charge on any atom is 0.225 e. The molecule has 1 fully saturated rings. The number of hydrogen-bond donors (Lipinski definition) is 2. The number of halogens is 2. The lowest BCUT2D eigenvalue weighted by Gasteiger charge is -2.30. The van der Waals surface area contributed by atoms with Crippen molar-refractivity contribution in [2.45, 2.75) is 38.3 Å². The Morgan fingerprint density at radius 3 is 2.55 bits per heavy atom. The van der Waals surface area contributed by atoms with Crippen molar-refractivity contribution in [3.05, 3.63) is 71.1 Å². The summed E-state index contributed by atoms with van der Waals surface area (Å²) < 4.78 is 16.2. The first-order valence-corrected chi connectivity index (χ1v) is 11.7. The molecule has 0 radical (unpaired) electrons. The molecule has 6 nitrogen and oxygen atoms in total. The summed E-state index contributed by atoms with van der Waals surface area (Å²) in [5, 5.41) is 3.80. The largest absolute Gasteiger partial charge is 0.350 e. The second-order valence-corrected chi connectivity index (χ2v) is 8.95. The zero-order valence-corrected chi connectivity index (χ0v) is 19.0. The fraction of sp³-hybridized carbons (Fsp3) is 0.320. The molecule has 4 aromatic rings. The third-order valence-corrected chi connectivity index (χ3v) is 6.79. The Kier molecular flexibility index (Phi) is 6.24. The van der Waals surface area contributed by atoms with Gasteiger partial charge in [0.25, 0.3) is 0 Å². The van der Waals surface area contributed by atoms with Crippen molar-refractivity contribution in [2.75, 3.05) is 11.9 Å². The summed E-state index contributed by atoms with van der Waals surface area (Å²) in [7, 11) is 0. The number of rotatable bonds is 6. The SMILES string of the molecule is NCC1CCC(n2c(-c3ccccc3Cl)nc3cnc(NCc4ccccc4F)nc32)CC1. The van der Waals surface area contributed by atoms with Crippen LogP contribution in [0.4, 0.5) is 10.3 Å². The van der Waals surface area contributed by atoms with E-state index >= 15 is 0 Å². The minimum absolute atomic E-state index is 0.249. The number of hydrogen-bond acceptors (Lipinski definition) is 5. The molecule has 0 spiro atoms. The first kappa shape index (κ1) is 21.8. The van der Waals surface area contributed by atoms with Gasteiger partial charge in [0.05, 0.1) is 11.2 Å². The van der Waals surface area contributed by atoms with E-state index in [-0.39, 0.29) is 11.9 Å². The molecule has 1 aliphatic carbocycles.